The highest BCUT2D eigenvalue weighted by molar-refractivity contribution is 6.33. The Labute approximate surface area is 193 Å². The molecule has 0 bridgehead atoms. The molecule has 1 saturated carbocycles. The van der Waals surface area contributed by atoms with Gasteiger partial charge in [-0.25, -0.2) is 0 Å². The van der Waals surface area contributed by atoms with E-state index in [9.17, 15) is 9.59 Å². The third-order valence-electron chi connectivity index (χ3n) is 5.89. The van der Waals surface area contributed by atoms with Gasteiger partial charge in [-0.3, -0.25) is 9.59 Å². The van der Waals surface area contributed by atoms with Crippen LogP contribution in [0, 0.1) is 5.92 Å². The second-order valence-corrected chi connectivity index (χ2v) is 8.56. The number of rotatable bonds is 8. The van der Waals surface area contributed by atoms with Crippen LogP contribution in [-0.4, -0.2) is 84.8 Å². The van der Waals surface area contributed by atoms with Gasteiger partial charge in [0.25, 0.3) is 0 Å². The average molecular weight is 458 g/mol. The van der Waals surface area contributed by atoms with Gasteiger partial charge in [-0.1, -0.05) is 29.8 Å². The van der Waals surface area contributed by atoms with Gasteiger partial charge < -0.3 is 19.4 Å². The Bertz CT molecular complexity index is 943. The Morgan fingerprint density at radius 3 is 2.47 bits per heavy atom. The third kappa shape index (κ3) is 5.37. The minimum atomic E-state index is -0.0186. The van der Waals surface area contributed by atoms with Crippen LogP contribution < -0.4 is 4.90 Å². The van der Waals surface area contributed by atoms with E-state index < -0.39 is 0 Å². The number of piperazine rings is 1. The van der Waals surface area contributed by atoms with Crippen LogP contribution >= 0.6 is 11.6 Å². The lowest BCUT2D eigenvalue weighted by atomic mass is 10.1. The van der Waals surface area contributed by atoms with Crippen LogP contribution in [0.15, 0.2) is 36.4 Å². The lowest BCUT2D eigenvalue weighted by molar-refractivity contribution is -0.142. The molecule has 1 saturated heterocycles. The Hall–Kier alpha value is -2.71. The van der Waals surface area contributed by atoms with Gasteiger partial charge in [0, 0.05) is 51.3 Å². The molecule has 1 aromatic heterocycles. The number of anilines is 1. The van der Waals surface area contributed by atoms with Crippen molar-refractivity contribution in [3.63, 3.8) is 0 Å². The lowest BCUT2D eigenvalue weighted by Crippen LogP contribution is -2.52. The molecule has 2 fully saturated rings. The summed E-state index contributed by atoms with van der Waals surface area (Å²) in [6.07, 6.45) is 1.84. The zero-order chi connectivity index (χ0) is 22.5. The number of ether oxygens (including phenoxy) is 1. The minimum absolute atomic E-state index is 0.0186. The summed E-state index contributed by atoms with van der Waals surface area (Å²) in [4.78, 5) is 30.9. The first-order valence-corrected chi connectivity index (χ1v) is 11.3. The maximum absolute atomic E-state index is 12.8. The van der Waals surface area contributed by atoms with E-state index in [0.29, 0.717) is 44.4 Å². The van der Waals surface area contributed by atoms with Gasteiger partial charge in [0.15, 0.2) is 5.82 Å². The van der Waals surface area contributed by atoms with Gasteiger partial charge in [0.1, 0.15) is 0 Å². The number of nitrogens with zero attached hydrogens (tertiary/aromatic N) is 5. The fourth-order valence-electron chi connectivity index (χ4n) is 3.81. The molecule has 170 valence electrons. The van der Waals surface area contributed by atoms with Gasteiger partial charge in [0.2, 0.25) is 11.8 Å². The molecule has 2 aliphatic rings. The Morgan fingerprint density at radius 2 is 1.84 bits per heavy atom. The maximum Gasteiger partial charge on any atom is 0.242 e. The fraction of sp³-hybridized carbons (Fsp3) is 0.478. The Kier molecular flexibility index (Phi) is 7.22. The van der Waals surface area contributed by atoms with Crippen molar-refractivity contribution in [1.82, 2.24) is 20.0 Å². The predicted molar refractivity (Wildman–Crippen MR) is 122 cm³/mol. The molecule has 9 heteroatoms. The monoisotopic (exact) mass is 457 g/mol. The number of amides is 2. The zero-order valence-corrected chi connectivity index (χ0v) is 19.0. The summed E-state index contributed by atoms with van der Waals surface area (Å²) in [6.45, 7) is 3.50. The maximum atomic E-state index is 12.8. The summed E-state index contributed by atoms with van der Waals surface area (Å²) in [5, 5.41) is 9.34. The van der Waals surface area contributed by atoms with E-state index in [4.69, 9.17) is 16.3 Å². The molecule has 0 spiro atoms. The van der Waals surface area contributed by atoms with Crippen molar-refractivity contribution in [1.29, 1.82) is 0 Å². The van der Waals surface area contributed by atoms with Gasteiger partial charge in [-0.2, -0.15) is 0 Å². The summed E-state index contributed by atoms with van der Waals surface area (Å²) in [6, 6.07) is 11.4. The first kappa shape index (κ1) is 22.5. The van der Waals surface area contributed by atoms with Crippen LogP contribution in [0.25, 0.3) is 11.3 Å². The third-order valence-corrected chi connectivity index (χ3v) is 6.22. The van der Waals surface area contributed by atoms with E-state index in [1.807, 2.05) is 41.3 Å². The minimum Gasteiger partial charge on any atom is -0.383 e. The van der Waals surface area contributed by atoms with Gasteiger partial charge in [0.05, 0.1) is 23.9 Å². The predicted octanol–water partition coefficient (Wildman–Crippen LogP) is 2.33. The van der Waals surface area contributed by atoms with Crippen LogP contribution in [-0.2, 0) is 14.3 Å². The highest BCUT2D eigenvalue weighted by Crippen LogP contribution is 2.31. The summed E-state index contributed by atoms with van der Waals surface area (Å²) < 4.78 is 5.11. The second kappa shape index (κ2) is 10.3. The van der Waals surface area contributed by atoms with Crippen molar-refractivity contribution in [2.45, 2.75) is 12.8 Å². The molecule has 4 rings (SSSR count). The normalized spacial score (nSPS) is 16.2. The topological polar surface area (TPSA) is 78.9 Å². The molecule has 0 radical (unpaired) electrons. The van der Waals surface area contributed by atoms with Crippen molar-refractivity contribution < 1.29 is 14.3 Å². The number of methoxy groups -OCH3 is 1. The zero-order valence-electron chi connectivity index (χ0n) is 18.2. The quantitative estimate of drug-likeness (QED) is 0.605. The average Bonchev–Trinajstić information content (AvgIpc) is 3.67. The van der Waals surface area contributed by atoms with Crippen LogP contribution in [0.3, 0.4) is 0 Å². The number of hydrogen-bond acceptors (Lipinski definition) is 6. The molecular formula is C23H28ClN5O3. The van der Waals surface area contributed by atoms with Crippen molar-refractivity contribution in [3.8, 4) is 11.3 Å². The molecule has 32 heavy (non-hydrogen) atoms. The second-order valence-electron chi connectivity index (χ2n) is 8.15. The van der Waals surface area contributed by atoms with E-state index in [2.05, 4.69) is 15.1 Å². The number of benzene rings is 1. The summed E-state index contributed by atoms with van der Waals surface area (Å²) >= 11 is 6.25. The van der Waals surface area contributed by atoms with E-state index in [-0.39, 0.29) is 24.3 Å². The number of carbonyl (C=O) groups excluding carboxylic acids is 2. The molecule has 1 aromatic carbocycles. The van der Waals surface area contributed by atoms with Crippen LogP contribution in [0.1, 0.15) is 12.8 Å². The van der Waals surface area contributed by atoms with E-state index in [1.54, 1.807) is 12.0 Å². The molecule has 2 aromatic rings. The lowest BCUT2D eigenvalue weighted by Gasteiger charge is -2.36. The van der Waals surface area contributed by atoms with E-state index in [0.717, 1.165) is 29.9 Å². The SMILES string of the molecule is COCCN(CC(=O)N1CCN(c2ccc(-c3ccccc3Cl)nn2)CC1)C(=O)C1CC1. The van der Waals surface area contributed by atoms with E-state index in [1.165, 1.54) is 0 Å². The van der Waals surface area contributed by atoms with Crippen LogP contribution in [0.5, 0.6) is 0 Å². The highest BCUT2D eigenvalue weighted by atomic mass is 35.5. The molecule has 2 heterocycles. The number of carbonyl (C=O) groups is 2. The molecular weight excluding hydrogens is 430 g/mol. The van der Waals surface area contributed by atoms with Gasteiger partial charge in [-0.05, 0) is 31.0 Å². The van der Waals surface area contributed by atoms with Crippen LogP contribution in [0.4, 0.5) is 5.82 Å². The smallest absolute Gasteiger partial charge is 0.242 e. The molecule has 0 N–H and O–H groups in total. The molecule has 1 aliphatic heterocycles. The number of aromatic nitrogens is 2. The molecule has 0 unspecified atom stereocenters. The molecule has 8 nitrogen and oxygen atoms in total. The molecule has 0 atom stereocenters. The fourth-order valence-corrected chi connectivity index (χ4v) is 4.04. The van der Waals surface area contributed by atoms with Crippen molar-refractivity contribution in [3.05, 3.63) is 41.4 Å². The number of hydrogen-bond donors (Lipinski definition) is 0. The summed E-state index contributed by atoms with van der Waals surface area (Å²) in [5.74, 6) is 0.917. The first-order valence-electron chi connectivity index (χ1n) is 11.0. The Morgan fingerprint density at radius 1 is 1.09 bits per heavy atom. The van der Waals surface area contributed by atoms with Crippen LogP contribution in [0.2, 0.25) is 5.02 Å². The van der Waals surface area contributed by atoms with Crippen molar-refractivity contribution in [2.75, 3.05) is 57.9 Å². The van der Waals surface area contributed by atoms with Crippen molar-refractivity contribution >= 4 is 29.2 Å². The standard InChI is InChI=1S/C23H28ClN5O3/c1-32-15-14-29(23(31)17-6-7-17)16-22(30)28-12-10-27(11-13-28)21-9-8-20(25-26-21)18-4-2-3-5-19(18)24/h2-5,8-9,17H,6-7,10-16H2,1H3. The van der Waals surface area contributed by atoms with Crippen molar-refractivity contribution in [2.24, 2.45) is 5.92 Å². The largest absolute Gasteiger partial charge is 0.383 e. The molecule has 1 aliphatic carbocycles. The first-order chi connectivity index (χ1) is 15.6. The molecule has 2 amide bonds. The van der Waals surface area contributed by atoms with Gasteiger partial charge in [-0.15, -0.1) is 10.2 Å². The Balaban J connectivity index is 1.31. The van der Waals surface area contributed by atoms with Gasteiger partial charge >= 0.3 is 0 Å². The number of halogens is 1. The summed E-state index contributed by atoms with van der Waals surface area (Å²) in [7, 11) is 1.60. The van der Waals surface area contributed by atoms with E-state index >= 15 is 0 Å². The highest BCUT2D eigenvalue weighted by Gasteiger charge is 2.35. The summed E-state index contributed by atoms with van der Waals surface area (Å²) in [5.41, 5.74) is 1.58.